The number of hydrogen-bond acceptors (Lipinski definition) is 4. The maximum atomic E-state index is 13.1. The van der Waals surface area contributed by atoms with Crippen molar-refractivity contribution in [2.45, 2.75) is 51.5 Å². The smallest absolute Gasteiger partial charge is 0.226 e. The second-order valence-electron chi connectivity index (χ2n) is 11.5. The number of carbonyl (C=O) groups excluding carboxylic acids is 2. The Kier molecular flexibility index (Phi) is 6.31. The fourth-order valence-electron chi connectivity index (χ4n) is 7.64. The third-order valence-electron chi connectivity index (χ3n) is 8.97. The third-order valence-corrected chi connectivity index (χ3v) is 8.97. The lowest BCUT2D eigenvalue weighted by Crippen LogP contribution is -2.53. The van der Waals surface area contributed by atoms with Crippen LogP contribution in [-0.2, 0) is 20.9 Å². The number of carbonyl (C=O) groups is 2. The number of fused-ring (bicyclic) bond motifs is 1. The van der Waals surface area contributed by atoms with Crippen LogP contribution in [0.3, 0.4) is 0 Å². The summed E-state index contributed by atoms with van der Waals surface area (Å²) in [7, 11) is 0. The van der Waals surface area contributed by atoms with Gasteiger partial charge in [-0.15, -0.1) is 0 Å². The monoisotopic (exact) mass is 478 g/mol. The van der Waals surface area contributed by atoms with Crippen LogP contribution in [0.1, 0.15) is 44.9 Å². The van der Waals surface area contributed by atoms with Crippen molar-refractivity contribution < 1.29 is 14.3 Å². The van der Waals surface area contributed by atoms with Gasteiger partial charge in [0, 0.05) is 67.3 Å². The molecule has 1 saturated heterocycles. The van der Waals surface area contributed by atoms with Crippen LogP contribution in [0.25, 0.3) is 10.9 Å². The van der Waals surface area contributed by atoms with Crippen LogP contribution in [0.2, 0.25) is 0 Å². The first kappa shape index (κ1) is 23.0. The summed E-state index contributed by atoms with van der Waals surface area (Å²) in [5, 5.41) is 7.25. The van der Waals surface area contributed by atoms with Crippen molar-refractivity contribution in [3.63, 3.8) is 0 Å². The lowest BCUT2D eigenvalue weighted by molar-refractivity contribution is -0.146. The molecular weight excluding hydrogens is 440 g/mol. The first-order chi connectivity index (χ1) is 17.1. The molecule has 0 spiro atoms. The van der Waals surface area contributed by atoms with E-state index in [4.69, 9.17) is 4.74 Å². The summed E-state index contributed by atoms with van der Waals surface area (Å²) >= 11 is 0. The molecule has 1 aliphatic heterocycles. The molecule has 0 unspecified atom stereocenters. The molecule has 0 atom stereocenters. The molecule has 188 valence electrons. The lowest BCUT2D eigenvalue weighted by atomic mass is 9.49. The van der Waals surface area contributed by atoms with Gasteiger partial charge in [0.05, 0.1) is 13.2 Å². The summed E-state index contributed by atoms with van der Waals surface area (Å²) in [6, 6.07) is 8.20. The third kappa shape index (κ3) is 4.85. The molecule has 4 aliphatic carbocycles. The molecule has 2 amide bonds. The minimum Gasteiger partial charge on any atom is -0.379 e. The Balaban J connectivity index is 0.986. The van der Waals surface area contributed by atoms with E-state index >= 15 is 0 Å². The molecule has 4 bridgehead atoms. The molecule has 7 heteroatoms. The summed E-state index contributed by atoms with van der Waals surface area (Å²) < 4.78 is 7.71. The Morgan fingerprint density at radius 3 is 2.40 bits per heavy atom. The van der Waals surface area contributed by atoms with Crippen LogP contribution < -0.4 is 10.6 Å². The summed E-state index contributed by atoms with van der Waals surface area (Å²) in [5.74, 6) is 2.39. The number of nitrogens with zero attached hydrogens (tertiary/aromatic N) is 2. The highest BCUT2D eigenvalue weighted by Crippen LogP contribution is 2.60. The Bertz CT molecular complexity index is 1050. The number of anilines is 1. The van der Waals surface area contributed by atoms with E-state index in [1.165, 1.54) is 24.8 Å². The number of amides is 2. The zero-order chi connectivity index (χ0) is 23.8. The van der Waals surface area contributed by atoms with Gasteiger partial charge in [-0.3, -0.25) is 14.5 Å². The van der Waals surface area contributed by atoms with Gasteiger partial charge in [0.1, 0.15) is 0 Å². The van der Waals surface area contributed by atoms with Gasteiger partial charge in [0.15, 0.2) is 0 Å². The summed E-state index contributed by atoms with van der Waals surface area (Å²) in [4.78, 5) is 28.1. The van der Waals surface area contributed by atoms with Crippen LogP contribution in [0.15, 0.2) is 30.5 Å². The fourth-order valence-corrected chi connectivity index (χ4v) is 7.64. The van der Waals surface area contributed by atoms with Gasteiger partial charge < -0.3 is 19.9 Å². The van der Waals surface area contributed by atoms with Gasteiger partial charge in [0.25, 0.3) is 0 Å². The Hall–Kier alpha value is -2.38. The second kappa shape index (κ2) is 9.58. The van der Waals surface area contributed by atoms with E-state index < -0.39 is 0 Å². The maximum absolute atomic E-state index is 13.1. The Labute approximate surface area is 207 Å². The van der Waals surface area contributed by atoms with E-state index in [0.29, 0.717) is 13.0 Å². The first-order valence-corrected chi connectivity index (χ1v) is 13.5. The van der Waals surface area contributed by atoms with Crippen molar-refractivity contribution in [3.05, 3.63) is 30.5 Å². The maximum Gasteiger partial charge on any atom is 0.226 e. The van der Waals surface area contributed by atoms with Gasteiger partial charge >= 0.3 is 0 Å². The standard InChI is InChI=1S/C28H38N4O3/c33-26(3-5-29-27(34)28-17-20-13-21(18-28)15-22(14-20)19-28)30-24-1-2-25-23(16-24)4-6-32(25)8-7-31-9-11-35-12-10-31/h1-2,4,6,16,20-22H,3,5,7-15,17-19H2,(H,29,34)(H,30,33). The van der Waals surface area contributed by atoms with Gasteiger partial charge in [-0.2, -0.15) is 0 Å². The number of ether oxygens (including phenoxy) is 1. The summed E-state index contributed by atoms with van der Waals surface area (Å²) in [6.45, 7) is 6.01. The Morgan fingerprint density at radius 2 is 1.69 bits per heavy atom. The normalized spacial score (nSPS) is 30.0. The van der Waals surface area contributed by atoms with E-state index in [1.54, 1.807) is 0 Å². The predicted molar refractivity (Wildman–Crippen MR) is 136 cm³/mol. The van der Waals surface area contributed by atoms with Crippen molar-refractivity contribution in [2.24, 2.45) is 23.2 Å². The highest BCUT2D eigenvalue weighted by Gasteiger charge is 2.54. The van der Waals surface area contributed by atoms with Gasteiger partial charge in [0.2, 0.25) is 11.8 Å². The average molecular weight is 479 g/mol. The highest BCUT2D eigenvalue weighted by molar-refractivity contribution is 5.94. The van der Waals surface area contributed by atoms with Crippen molar-refractivity contribution in [1.82, 2.24) is 14.8 Å². The molecule has 2 N–H and O–H groups in total. The molecule has 7 nitrogen and oxygen atoms in total. The fraction of sp³-hybridized carbons (Fsp3) is 0.643. The molecule has 2 heterocycles. The van der Waals surface area contributed by atoms with Gasteiger partial charge in [-0.05, 0) is 80.5 Å². The summed E-state index contributed by atoms with van der Waals surface area (Å²) in [6.07, 6.45) is 9.59. The van der Waals surface area contributed by atoms with Gasteiger partial charge in [-0.25, -0.2) is 0 Å². The first-order valence-electron chi connectivity index (χ1n) is 13.5. The number of hydrogen-bond donors (Lipinski definition) is 2. The molecule has 1 aromatic heterocycles. The predicted octanol–water partition coefficient (Wildman–Crippen LogP) is 3.63. The largest absolute Gasteiger partial charge is 0.379 e. The molecule has 5 aliphatic rings. The lowest BCUT2D eigenvalue weighted by Gasteiger charge is -2.55. The molecule has 7 rings (SSSR count). The number of rotatable bonds is 8. The average Bonchev–Trinajstić information content (AvgIpc) is 3.24. The van der Waals surface area contributed by atoms with E-state index in [2.05, 4.69) is 38.4 Å². The minimum absolute atomic E-state index is 0.0538. The van der Waals surface area contributed by atoms with Crippen LogP contribution in [0.5, 0.6) is 0 Å². The molecule has 2 aromatic rings. The van der Waals surface area contributed by atoms with Crippen LogP contribution in [-0.4, -0.2) is 60.7 Å². The molecule has 35 heavy (non-hydrogen) atoms. The Morgan fingerprint density at radius 1 is 0.971 bits per heavy atom. The van der Waals surface area contributed by atoms with Crippen molar-refractivity contribution in [2.75, 3.05) is 44.7 Å². The van der Waals surface area contributed by atoms with Crippen molar-refractivity contribution >= 4 is 28.4 Å². The zero-order valence-electron chi connectivity index (χ0n) is 20.6. The summed E-state index contributed by atoms with van der Waals surface area (Å²) in [5.41, 5.74) is 1.84. The molecule has 5 fully saturated rings. The molecular formula is C28H38N4O3. The van der Waals surface area contributed by atoms with E-state index in [-0.39, 0.29) is 17.2 Å². The highest BCUT2D eigenvalue weighted by atomic mass is 16.5. The van der Waals surface area contributed by atoms with Crippen LogP contribution >= 0.6 is 0 Å². The van der Waals surface area contributed by atoms with Crippen LogP contribution in [0.4, 0.5) is 5.69 Å². The second-order valence-corrected chi connectivity index (χ2v) is 11.5. The number of morpholine rings is 1. The zero-order valence-corrected chi connectivity index (χ0v) is 20.6. The van der Waals surface area contributed by atoms with E-state index in [9.17, 15) is 9.59 Å². The minimum atomic E-state index is -0.148. The number of nitrogens with one attached hydrogen (secondary N) is 2. The van der Waals surface area contributed by atoms with E-state index in [1.807, 2.05) is 12.1 Å². The van der Waals surface area contributed by atoms with Crippen LogP contribution in [0, 0.1) is 23.2 Å². The quantitative estimate of drug-likeness (QED) is 0.608. The molecule has 1 aromatic carbocycles. The van der Waals surface area contributed by atoms with E-state index in [0.717, 1.165) is 87.5 Å². The number of benzene rings is 1. The molecule has 0 radical (unpaired) electrons. The number of aromatic nitrogens is 1. The van der Waals surface area contributed by atoms with Crippen molar-refractivity contribution in [1.29, 1.82) is 0 Å². The molecule has 4 saturated carbocycles. The topological polar surface area (TPSA) is 75.6 Å². The van der Waals surface area contributed by atoms with Gasteiger partial charge in [-0.1, -0.05) is 0 Å². The SMILES string of the molecule is O=C(CCNC(=O)C12CC3CC(CC(C3)C1)C2)Nc1ccc2c(ccn2CCN2CCOCC2)c1. The van der Waals surface area contributed by atoms with Crippen molar-refractivity contribution in [3.8, 4) is 0 Å².